The third kappa shape index (κ3) is 6.10. The Morgan fingerprint density at radius 3 is 2.45 bits per heavy atom. The Balaban J connectivity index is 0.852. The highest BCUT2D eigenvalue weighted by Gasteiger charge is 2.81. The molecule has 0 amide bonds. The highest BCUT2D eigenvalue weighted by Crippen LogP contribution is 2.78. The summed E-state index contributed by atoms with van der Waals surface area (Å²) in [5, 5.41) is 51.6. The van der Waals surface area contributed by atoms with E-state index in [2.05, 4.69) is 20.4 Å². The van der Waals surface area contributed by atoms with Crippen molar-refractivity contribution in [2.75, 3.05) is 13.2 Å². The molecule has 0 radical (unpaired) electrons. The largest absolute Gasteiger partial charge is 0.467 e. The van der Waals surface area contributed by atoms with Crippen molar-refractivity contribution < 1.29 is 53.7 Å². The Morgan fingerprint density at radius 1 is 0.961 bits per heavy atom. The first-order valence-corrected chi connectivity index (χ1v) is 19.1. The van der Waals surface area contributed by atoms with Crippen LogP contribution >= 0.6 is 0 Å². The van der Waals surface area contributed by atoms with Gasteiger partial charge in [-0.3, -0.25) is 4.79 Å². The lowest BCUT2D eigenvalue weighted by Crippen LogP contribution is -2.65. The second-order valence-electron chi connectivity index (χ2n) is 16.9. The van der Waals surface area contributed by atoms with Crippen molar-refractivity contribution in [1.29, 1.82) is 0 Å². The fourth-order valence-electron chi connectivity index (χ4n) is 11.4. The summed E-state index contributed by atoms with van der Waals surface area (Å²) < 4.78 is 28.6. The lowest BCUT2D eigenvalue weighted by Gasteiger charge is -2.64. The summed E-state index contributed by atoms with van der Waals surface area (Å²) in [6, 6.07) is 3.43. The minimum absolute atomic E-state index is 0.0542. The molecular formula is C39H56O12. The molecule has 0 unspecified atom stereocenters. The molecule has 14 atom stereocenters. The Hall–Kier alpha value is -2.32. The maximum atomic E-state index is 13.2. The van der Waals surface area contributed by atoms with E-state index in [0.717, 1.165) is 56.9 Å². The summed E-state index contributed by atoms with van der Waals surface area (Å²) in [4.78, 5) is 24.9. The molecule has 3 heterocycles. The van der Waals surface area contributed by atoms with Gasteiger partial charge in [-0.2, -0.15) is 0 Å². The van der Waals surface area contributed by atoms with Gasteiger partial charge < -0.3 is 48.9 Å². The van der Waals surface area contributed by atoms with Crippen LogP contribution in [-0.4, -0.2) is 92.7 Å². The standard InChI is InChI=1S/C39H56O12/c1-22(49-35-33(44)32(43)31(42)28(20-40)50-35)8-6-4-5-7-17-47-34(45)23-11-14-36(2)25-12-15-37(3)27(24-9-10-30(41)48-21-24)18-29-39(37,51-29)26(25)13-16-38(36,46)19-23/h9-10,21,23,25-29,31-33,35,40,42-44,46H,1,4-8,11-20H2,2-3H3/t23-,25+,26-,27+,28+,29+,31-,32+,33+,35-,36+,37-,38-,39+/m0/s1. The second kappa shape index (κ2) is 13.8. The molecule has 6 aliphatic rings. The van der Waals surface area contributed by atoms with E-state index in [0.29, 0.717) is 56.3 Å². The smallest absolute Gasteiger partial charge is 0.335 e. The average molecular weight is 717 g/mol. The summed E-state index contributed by atoms with van der Waals surface area (Å²) in [6.45, 7) is 8.27. The third-order valence-corrected chi connectivity index (χ3v) is 14.4. The first kappa shape index (κ1) is 37.0. The topological polar surface area (TPSA) is 189 Å². The number of epoxide rings is 1. The lowest BCUT2D eigenvalue weighted by molar-refractivity contribution is -0.291. The number of hydrogen-bond donors (Lipinski definition) is 5. The fourth-order valence-corrected chi connectivity index (χ4v) is 11.4. The van der Waals surface area contributed by atoms with Crippen LogP contribution in [0.3, 0.4) is 0 Å². The molecule has 4 saturated carbocycles. The number of esters is 1. The van der Waals surface area contributed by atoms with Gasteiger partial charge in [0.05, 0.1) is 42.9 Å². The Kier molecular flexibility index (Phi) is 10.0. The summed E-state index contributed by atoms with van der Waals surface area (Å²) in [7, 11) is 0. The van der Waals surface area contributed by atoms with Crippen LogP contribution in [0.5, 0.6) is 0 Å². The zero-order valence-electron chi connectivity index (χ0n) is 29.9. The quantitative estimate of drug-likeness (QED) is 0.0919. The van der Waals surface area contributed by atoms with E-state index in [1.165, 1.54) is 6.07 Å². The van der Waals surface area contributed by atoms with Crippen LogP contribution in [0.4, 0.5) is 0 Å². The number of carbonyl (C=O) groups excluding carboxylic acids is 1. The lowest BCUT2D eigenvalue weighted by atomic mass is 9.42. The molecule has 2 saturated heterocycles. The third-order valence-electron chi connectivity index (χ3n) is 14.4. The monoisotopic (exact) mass is 716 g/mol. The Morgan fingerprint density at radius 2 is 1.71 bits per heavy atom. The fraction of sp³-hybridized carbons (Fsp3) is 0.795. The summed E-state index contributed by atoms with van der Waals surface area (Å²) in [5.41, 5.74) is -0.738. The van der Waals surface area contributed by atoms with Gasteiger partial charge >= 0.3 is 11.6 Å². The molecule has 1 aromatic rings. The molecular weight excluding hydrogens is 660 g/mol. The van der Waals surface area contributed by atoms with Crippen LogP contribution in [0.25, 0.3) is 0 Å². The molecule has 0 aromatic carbocycles. The van der Waals surface area contributed by atoms with Crippen molar-refractivity contribution in [2.24, 2.45) is 28.6 Å². The molecule has 12 heteroatoms. The minimum Gasteiger partial charge on any atom is -0.467 e. The van der Waals surface area contributed by atoms with Crippen molar-refractivity contribution in [2.45, 2.75) is 151 Å². The highest BCUT2D eigenvalue weighted by molar-refractivity contribution is 5.72. The van der Waals surface area contributed by atoms with Gasteiger partial charge in [-0.1, -0.05) is 33.3 Å². The van der Waals surface area contributed by atoms with Crippen LogP contribution in [0.15, 0.2) is 39.9 Å². The van der Waals surface area contributed by atoms with Gasteiger partial charge in [-0.25, -0.2) is 4.79 Å². The van der Waals surface area contributed by atoms with E-state index in [1.54, 1.807) is 6.26 Å². The first-order chi connectivity index (χ1) is 24.3. The SMILES string of the molecule is C=C(CCCCCCOC(=O)[C@H]1CC[C@]2(C)[C@@H]3CC[C@@]4(C)[C@@H](c5ccc(=O)oc5)C[C@H]5O[C@]54[C@H]3CC[C@]2(O)C1)O[C@H]1O[C@H](CO)[C@H](O)[C@@H](O)[C@H]1O. The van der Waals surface area contributed by atoms with Crippen molar-refractivity contribution in [3.05, 3.63) is 46.7 Å². The number of rotatable bonds is 12. The van der Waals surface area contributed by atoms with Gasteiger partial charge in [0, 0.05) is 17.9 Å². The van der Waals surface area contributed by atoms with E-state index in [4.69, 9.17) is 23.4 Å². The summed E-state index contributed by atoms with van der Waals surface area (Å²) in [5.74, 6) is 0.776. The summed E-state index contributed by atoms with van der Waals surface area (Å²) in [6.07, 6.45) is 5.14. The maximum absolute atomic E-state index is 13.2. The number of ether oxygens (including phenoxy) is 4. The van der Waals surface area contributed by atoms with Crippen molar-refractivity contribution in [3.63, 3.8) is 0 Å². The van der Waals surface area contributed by atoms with Crippen LogP contribution in [0, 0.1) is 28.6 Å². The molecule has 0 bridgehead atoms. The zero-order chi connectivity index (χ0) is 36.3. The molecule has 4 aliphatic carbocycles. The predicted octanol–water partition coefficient (Wildman–Crippen LogP) is 3.45. The van der Waals surface area contributed by atoms with Crippen molar-refractivity contribution >= 4 is 5.97 Å². The molecule has 1 aromatic heterocycles. The molecule has 2 aliphatic heterocycles. The van der Waals surface area contributed by atoms with Gasteiger partial charge in [0.15, 0.2) is 0 Å². The van der Waals surface area contributed by atoms with E-state index in [1.807, 2.05) is 6.07 Å². The number of aliphatic hydroxyl groups excluding tert-OH is 4. The van der Waals surface area contributed by atoms with Gasteiger partial charge in [-0.15, -0.1) is 0 Å². The number of allylic oxidation sites excluding steroid dienone is 1. The second-order valence-corrected chi connectivity index (χ2v) is 16.9. The zero-order valence-corrected chi connectivity index (χ0v) is 29.9. The highest BCUT2D eigenvalue weighted by atomic mass is 16.7. The molecule has 12 nitrogen and oxygen atoms in total. The van der Waals surface area contributed by atoms with E-state index in [9.17, 15) is 35.1 Å². The van der Waals surface area contributed by atoms with E-state index < -0.39 is 42.9 Å². The minimum atomic E-state index is -1.50. The molecule has 7 rings (SSSR count). The van der Waals surface area contributed by atoms with E-state index >= 15 is 0 Å². The van der Waals surface area contributed by atoms with Crippen LogP contribution in [0.1, 0.15) is 109 Å². The predicted molar refractivity (Wildman–Crippen MR) is 182 cm³/mol. The number of carbonyl (C=O) groups is 1. The maximum Gasteiger partial charge on any atom is 0.335 e. The van der Waals surface area contributed by atoms with Gasteiger partial charge in [0.2, 0.25) is 6.29 Å². The summed E-state index contributed by atoms with van der Waals surface area (Å²) >= 11 is 0. The number of unbranched alkanes of at least 4 members (excludes halogenated alkanes) is 3. The molecule has 284 valence electrons. The molecule has 6 fully saturated rings. The number of fused-ring (bicyclic) bond motifs is 3. The average Bonchev–Trinajstić information content (AvgIpc) is 3.77. The Bertz CT molecular complexity index is 1490. The van der Waals surface area contributed by atoms with Gasteiger partial charge in [0.1, 0.15) is 30.0 Å². The number of hydrogen-bond acceptors (Lipinski definition) is 12. The molecule has 51 heavy (non-hydrogen) atoms. The van der Waals surface area contributed by atoms with E-state index in [-0.39, 0.29) is 46.0 Å². The van der Waals surface area contributed by atoms with Crippen molar-refractivity contribution in [1.82, 2.24) is 0 Å². The normalized spacial score (nSPS) is 45.5. The van der Waals surface area contributed by atoms with Crippen LogP contribution < -0.4 is 5.63 Å². The van der Waals surface area contributed by atoms with Crippen LogP contribution in [0.2, 0.25) is 0 Å². The van der Waals surface area contributed by atoms with Gasteiger partial charge in [-0.05, 0) is 99.0 Å². The van der Waals surface area contributed by atoms with Crippen LogP contribution in [-0.2, 0) is 23.7 Å². The Labute approximate surface area is 299 Å². The number of aliphatic hydroxyl groups is 5. The van der Waals surface area contributed by atoms with Gasteiger partial charge in [0.25, 0.3) is 0 Å². The molecule has 5 N–H and O–H groups in total. The van der Waals surface area contributed by atoms with Crippen molar-refractivity contribution in [3.8, 4) is 0 Å². The molecule has 1 spiro atoms. The first-order valence-electron chi connectivity index (χ1n) is 19.1.